The lowest BCUT2D eigenvalue weighted by atomic mass is 10.2. The molecule has 21 heavy (non-hydrogen) atoms. The lowest BCUT2D eigenvalue weighted by molar-refractivity contribution is 0.271. The molecule has 1 heterocycles. The number of rotatable bonds is 5. The molecule has 1 N–H and O–H groups in total. The van der Waals surface area contributed by atoms with Crippen LogP contribution in [0.15, 0.2) is 24.3 Å². The van der Waals surface area contributed by atoms with Gasteiger partial charge in [0.1, 0.15) is 0 Å². The fourth-order valence-corrected chi connectivity index (χ4v) is 2.92. The van der Waals surface area contributed by atoms with E-state index in [1.165, 1.54) is 14.1 Å². The van der Waals surface area contributed by atoms with Crippen LogP contribution < -0.4 is 9.62 Å². The Hall–Kier alpha value is -1.31. The molecular formula is C14H24N4O2S. The monoisotopic (exact) mass is 312 g/mol. The van der Waals surface area contributed by atoms with E-state index in [9.17, 15) is 8.42 Å². The van der Waals surface area contributed by atoms with Crippen LogP contribution in [0.5, 0.6) is 0 Å². The second-order valence-electron chi connectivity index (χ2n) is 5.36. The molecule has 1 aromatic carbocycles. The van der Waals surface area contributed by atoms with Crippen LogP contribution >= 0.6 is 0 Å². The maximum atomic E-state index is 11.8. The summed E-state index contributed by atoms with van der Waals surface area (Å²) in [5.41, 5.74) is 1.72. The summed E-state index contributed by atoms with van der Waals surface area (Å²) in [4.78, 5) is 4.76. The number of likely N-dealkylation sites (N-methyl/N-ethyl adjacent to an activating group) is 1. The Morgan fingerprint density at radius 3 is 2.14 bits per heavy atom. The second-order valence-corrected chi connectivity index (χ2v) is 7.24. The summed E-state index contributed by atoms with van der Waals surface area (Å²) >= 11 is 0. The third kappa shape index (κ3) is 4.09. The predicted octanol–water partition coefficient (Wildman–Crippen LogP) is 1.05. The molecule has 118 valence electrons. The van der Waals surface area contributed by atoms with Gasteiger partial charge >= 0.3 is 10.2 Å². The quantitative estimate of drug-likeness (QED) is 0.883. The molecule has 1 aliphatic rings. The van der Waals surface area contributed by atoms with E-state index >= 15 is 0 Å². The highest BCUT2D eigenvalue weighted by molar-refractivity contribution is 7.90. The molecule has 6 nitrogen and oxygen atoms in total. The lowest BCUT2D eigenvalue weighted by Gasteiger charge is -2.35. The van der Waals surface area contributed by atoms with Crippen LogP contribution in [0.1, 0.15) is 6.92 Å². The van der Waals surface area contributed by atoms with Crippen molar-refractivity contribution < 1.29 is 8.42 Å². The summed E-state index contributed by atoms with van der Waals surface area (Å²) in [5, 5.41) is 0. The Balaban J connectivity index is 2.00. The molecule has 2 rings (SSSR count). The summed E-state index contributed by atoms with van der Waals surface area (Å²) in [6.45, 7) is 7.45. The maximum Gasteiger partial charge on any atom is 0.301 e. The molecule has 0 aromatic heterocycles. The van der Waals surface area contributed by atoms with Gasteiger partial charge in [0, 0.05) is 51.6 Å². The van der Waals surface area contributed by atoms with Gasteiger partial charge in [-0.25, -0.2) is 0 Å². The van der Waals surface area contributed by atoms with E-state index in [0.717, 1.165) is 42.7 Å². The highest BCUT2D eigenvalue weighted by Gasteiger charge is 2.16. The fourth-order valence-electron chi connectivity index (χ4n) is 2.30. The van der Waals surface area contributed by atoms with Crippen molar-refractivity contribution in [2.24, 2.45) is 0 Å². The van der Waals surface area contributed by atoms with E-state index < -0.39 is 10.2 Å². The largest absolute Gasteiger partial charge is 0.369 e. The van der Waals surface area contributed by atoms with Crippen molar-refractivity contribution in [3.8, 4) is 0 Å². The van der Waals surface area contributed by atoms with Crippen molar-refractivity contribution in [2.75, 3.05) is 56.4 Å². The SMILES string of the molecule is CCN1CCN(c2ccc(NS(=O)(=O)N(C)C)cc2)CC1. The Kier molecular flexibility index (Phi) is 5.08. The van der Waals surface area contributed by atoms with Gasteiger partial charge in [-0.1, -0.05) is 6.92 Å². The van der Waals surface area contributed by atoms with Crippen molar-refractivity contribution >= 4 is 21.6 Å². The topological polar surface area (TPSA) is 55.9 Å². The van der Waals surface area contributed by atoms with Gasteiger partial charge in [0.25, 0.3) is 0 Å². The van der Waals surface area contributed by atoms with Gasteiger partial charge in [-0.15, -0.1) is 0 Å². The third-order valence-corrected chi connectivity index (χ3v) is 5.23. The van der Waals surface area contributed by atoms with Gasteiger partial charge in [-0.2, -0.15) is 12.7 Å². The summed E-state index contributed by atoms with van der Waals surface area (Å²) in [6.07, 6.45) is 0. The fraction of sp³-hybridized carbons (Fsp3) is 0.571. The minimum absolute atomic E-state index is 0.583. The number of hydrogen-bond donors (Lipinski definition) is 1. The van der Waals surface area contributed by atoms with Gasteiger partial charge in [-0.05, 0) is 30.8 Å². The molecule has 0 saturated carbocycles. The van der Waals surface area contributed by atoms with Crippen LogP contribution in [0.4, 0.5) is 11.4 Å². The van der Waals surface area contributed by atoms with E-state index in [-0.39, 0.29) is 0 Å². The average molecular weight is 312 g/mol. The van der Waals surface area contributed by atoms with Gasteiger partial charge in [-0.3, -0.25) is 4.72 Å². The molecule has 1 aromatic rings. The zero-order chi connectivity index (χ0) is 15.5. The molecule has 0 amide bonds. The minimum Gasteiger partial charge on any atom is -0.369 e. The standard InChI is InChI=1S/C14H24N4O2S/c1-4-17-9-11-18(12-10-17)14-7-5-13(6-8-14)15-21(19,20)16(2)3/h5-8,15H,4,9-12H2,1-3H3. The summed E-state index contributed by atoms with van der Waals surface area (Å²) in [5.74, 6) is 0. The zero-order valence-electron chi connectivity index (χ0n) is 12.9. The number of nitrogens with zero attached hydrogens (tertiary/aromatic N) is 3. The van der Waals surface area contributed by atoms with E-state index in [0.29, 0.717) is 5.69 Å². The molecule has 0 spiro atoms. The van der Waals surface area contributed by atoms with Gasteiger partial charge < -0.3 is 9.80 Å². The molecule has 1 saturated heterocycles. The zero-order valence-corrected chi connectivity index (χ0v) is 13.7. The second kappa shape index (κ2) is 6.64. The molecule has 0 unspecified atom stereocenters. The van der Waals surface area contributed by atoms with E-state index in [4.69, 9.17) is 0 Å². The van der Waals surface area contributed by atoms with E-state index in [1.807, 2.05) is 24.3 Å². The predicted molar refractivity (Wildman–Crippen MR) is 87.0 cm³/mol. The smallest absolute Gasteiger partial charge is 0.301 e. The molecule has 7 heteroatoms. The first kappa shape index (κ1) is 16.1. The molecule has 0 atom stereocenters. The van der Waals surface area contributed by atoms with Crippen LogP contribution in [0, 0.1) is 0 Å². The highest BCUT2D eigenvalue weighted by atomic mass is 32.2. The number of piperazine rings is 1. The Morgan fingerprint density at radius 2 is 1.67 bits per heavy atom. The lowest BCUT2D eigenvalue weighted by Crippen LogP contribution is -2.46. The minimum atomic E-state index is -3.44. The first-order valence-corrected chi connectivity index (χ1v) is 8.64. The third-order valence-electron chi connectivity index (χ3n) is 3.78. The summed E-state index contributed by atoms with van der Waals surface area (Å²) < 4.78 is 27.2. The Morgan fingerprint density at radius 1 is 1.10 bits per heavy atom. The first-order chi connectivity index (χ1) is 9.92. The van der Waals surface area contributed by atoms with Crippen molar-refractivity contribution in [3.05, 3.63) is 24.3 Å². The summed E-state index contributed by atoms with van der Waals surface area (Å²) in [7, 11) is -0.429. The van der Waals surface area contributed by atoms with E-state index in [1.54, 1.807) is 0 Å². The van der Waals surface area contributed by atoms with Gasteiger partial charge in [0.05, 0.1) is 0 Å². The number of nitrogens with one attached hydrogen (secondary N) is 1. The van der Waals surface area contributed by atoms with E-state index in [2.05, 4.69) is 21.4 Å². The molecule has 1 aliphatic heterocycles. The van der Waals surface area contributed by atoms with Crippen LogP contribution in [0.25, 0.3) is 0 Å². The number of anilines is 2. The molecule has 0 bridgehead atoms. The highest BCUT2D eigenvalue weighted by Crippen LogP contribution is 2.20. The van der Waals surface area contributed by atoms with Gasteiger partial charge in [0.15, 0.2) is 0 Å². The molecule has 0 radical (unpaired) electrons. The molecule has 0 aliphatic carbocycles. The van der Waals surface area contributed by atoms with Gasteiger partial charge in [0.2, 0.25) is 0 Å². The Labute approximate surface area is 127 Å². The number of benzene rings is 1. The van der Waals surface area contributed by atoms with Crippen LogP contribution in [-0.2, 0) is 10.2 Å². The number of hydrogen-bond acceptors (Lipinski definition) is 4. The van der Waals surface area contributed by atoms with Crippen molar-refractivity contribution in [2.45, 2.75) is 6.92 Å². The Bertz CT molecular complexity index is 549. The van der Waals surface area contributed by atoms with Crippen LogP contribution in [-0.4, -0.2) is 64.4 Å². The normalized spacial score (nSPS) is 17.2. The maximum absolute atomic E-state index is 11.8. The average Bonchev–Trinajstić information content (AvgIpc) is 2.48. The van der Waals surface area contributed by atoms with Crippen LogP contribution in [0.3, 0.4) is 0 Å². The first-order valence-electron chi connectivity index (χ1n) is 7.20. The van der Waals surface area contributed by atoms with Crippen molar-refractivity contribution in [3.63, 3.8) is 0 Å². The summed E-state index contributed by atoms with van der Waals surface area (Å²) in [6, 6.07) is 7.55. The van der Waals surface area contributed by atoms with Crippen molar-refractivity contribution in [1.29, 1.82) is 0 Å². The van der Waals surface area contributed by atoms with Crippen LogP contribution in [0.2, 0.25) is 0 Å². The molecule has 1 fully saturated rings. The molecular weight excluding hydrogens is 288 g/mol. The van der Waals surface area contributed by atoms with Crippen molar-refractivity contribution in [1.82, 2.24) is 9.21 Å².